The van der Waals surface area contributed by atoms with Crippen molar-refractivity contribution >= 4 is 26.0 Å². The van der Waals surface area contributed by atoms with E-state index in [-0.39, 0.29) is 17.3 Å². The van der Waals surface area contributed by atoms with Gasteiger partial charge in [0.05, 0.1) is 4.90 Å². The summed E-state index contributed by atoms with van der Waals surface area (Å²) in [6, 6.07) is 12.2. The number of rotatable bonds is 6. The van der Waals surface area contributed by atoms with Crippen LogP contribution in [-0.2, 0) is 16.4 Å². The summed E-state index contributed by atoms with van der Waals surface area (Å²) < 4.78 is 40.6. The number of aromatic nitrogens is 3. The zero-order valence-electron chi connectivity index (χ0n) is 12.9. The Kier molecular flexibility index (Phi) is 5.26. The van der Waals surface area contributed by atoms with Crippen LogP contribution in [0.15, 0.2) is 57.9 Å². The number of benzene rings is 2. The van der Waals surface area contributed by atoms with E-state index in [1.807, 2.05) is 0 Å². The van der Waals surface area contributed by atoms with Crippen LogP contribution < -0.4 is 4.72 Å². The number of H-pyrrole nitrogens is 1. The molecule has 0 aliphatic rings. The van der Waals surface area contributed by atoms with Crippen LogP contribution in [0.5, 0.6) is 0 Å². The molecule has 0 amide bonds. The topological polar surface area (TPSA) is 87.7 Å². The molecule has 0 aliphatic carbocycles. The number of hydrogen-bond donors (Lipinski definition) is 2. The van der Waals surface area contributed by atoms with Gasteiger partial charge in [0, 0.05) is 23.0 Å². The Bertz CT molecular complexity index is 957. The van der Waals surface area contributed by atoms with Gasteiger partial charge in [0.15, 0.2) is 5.82 Å². The molecule has 0 unspecified atom stereocenters. The molecule has 0 saturated heterocycles. The van der Waals surface area contributed by atoms with Crippen LogP contribution in [0.3, 0.4) is 0 Å². The molecule has 2 N–H and O–H groups in total. The minimum absolute atomic E-state index is 0.177. The second-order valence-corrected chi connectivity index (χ2v) is 7.90. The molecule has 3 rings (SSSR count). The third kappa shape index (κ3) is 4.50. The maximum atomic E-state index is 12.9. The first-order valence-electron chi connectivity index (χ1n) is 7.36. The van der Waals surface area contributed by atoms with Crippen molar-refractivity contribution < 1.29 is 12.8 Å². The first kappa shape index (κ1) is 17.7. The highest BCUT2D eigenvalue weighted by molar-refractivity contribution is 9.10. The second kappa shape index (κ2) is 7.42. The zero-order chi connectivity index (χ0) is 17.9. The van der Waals surface area contributed by atoms with Gasteiger partial charge in [-0.3, -0.25) is 5.10 Å². The van der Waals surface area contributed by atoms with Crippen LogP contribution in [-0.4, -0.2) is 30.1 Å². The minimum atomic E-state index is -3.57. The van der Waals surface area contributed by atoms with Gasteiger partial charge in [-0.1, -0.05) is 15.9 Å². The van der Waals surface area contributed by atoms with Gasteiger partial charge in [-0.05, 0) is 48.5 Å². The predicted octanol–water partition coefficient (Wildman–Crippen LogP) is 2.89. The lowest BCUT2D eigenvalue weighted by atomic mass is 10.2. The first-order valence-corrected chi connectivity index (χ1v) is 9.64. The van der Waals surface area contributed by atoms with E-state index in [0.717, 1.165) is 4.47 Å². The van der Waals surface area contributed by atoms with Crippen LogP contribution in [0.25, 0.3) is 11.4 Å². The normalized spacial score (nSPS) is 11.6. The van der Waals surface area contributed by atoms with Crippen LogP contribution in [0.1, 0.15) is 5.82 Å². The number of sulfonamides is 1. The summed E-state index contributed by atoms with van der Waals surface area (Å²) >= 11 is 3.27. The fourth-order valence-corrected chi connectivity index (χ4v) is 3.43. The third-order valence-corrected chi connectivity index (χ3v) is 5.42. The largest absolute Gasteiger partial charge is 0.263 e. The maximum Gasteiger partial charge on any atom is 0.240 e. The van der Waals surface area contributed by atoms with E-state index in [0.29, 0.717) is 23.6 Å². The molecular weight excluding hydrogens is 411 g/mol. The van der Waals surface area contributed by atoms with E-state index < -0.39 is 10.0 Å². The highest BCUT2D eigenvalue weighted by Crippen LogP contribution is 2.16. The van der Waals surface area contributed by atoms with Gasteiger partial charge in [0.25, 0.3) is 0 Å². The molecule has 0 spiro atoms. The van der Waals surface area contributed by atoms with Gasteiger partial charge in [0.2, 0.25) is 10.0 Å². The van der Waals surface area contributed by atoms with Gasteiger partial charge in [-0.25, -0.2) is 22.5 Å². The Morgan fingerprint density at radius 3 is 2.44 bits per heavy atom. The Balaban J connectivity index is 1.61. The lowest BCUT2D eigenvalue weighted by Gasteiger charge is -2.05. The van der Waals surface area contributed by atoms with Crippen molar-refractivity contribution in [3.05, 3.63) is 64.6 Å². The van der Waals surface area contributed by atoms with E-state index in [1.165, 1.54) is 24.3 Å². The quantitative estimate of drug-likeness (QED) is 0.636. The molecule has 1 aromatic heterocycles. The van der Waals surface area contributed by atoms with E-state index in [2.05, 4.69) is 35.8 Å². The third-order valence-electron chi connectivity index (χ3n) is 3.41. The lowest BCUT2D eigenvalue weighted by molar-refractivity contribution is 0.581. The second-order valence-electron chi connectivity index (χ2n) is 5.21. The van der Waals surface area contributed by atoms with Crippen LogP contribution in [0.2, 0.25) is 0 Å². The molecule has 1 heterocycles. The van der Waals surface area contributed by atoms with Crippen LogP contribution in [0, 0.1) is 5.82 Å². The van der Waals surface area contributed by atoms with Crippen molar-refractivity contribution in [2.45, 2.75) is 11.3 Å². The maximum absolute atomic E-state index is 12.9. The Hall–Kier alpha value is -2.10. The van der Waals surface area contributed by atoms with Gasteiger partial charge >= 0.3 is 0 Å². The standard InChI is InChI=1S/C16H14BrFN4O2S/c17-12-3-7-14(8-4-12)25(23,24)19-10-9-15-20-16(22-21-15)11-1-5-13(18)6-2-11/h1-8,19H,9-10H2,(H,20,21,22). The molecule has 3 aromatic rings. The molecule has 6 nitrogen and oxygen atoms in total. The summed E-state index contributed by atoms with van der Waals surface area (Å²) in [5, 5.41) is 6.81. The summed E-state index contributed by atoms with van der Waals surface area (Å²) in [6.07, 6.45) is 0.351. The Labute approximate surface area is 152 Å². The summed E-state index contributed by atoms with van der Waals surface area (Å²) in [6.45, 7) is 0.177. The smallest absolute Gasteiger partial charge is 0.240 e. The molecular formula is C16H14BrFN4O2S. The zero-order valence-corrected chi connectivity index (χ0v) is 15.3. The summed E-state index contributed by atoms with van der Waals surface area (Å²) in [4.78, 5) is 4.48. The molecule has 0 radical (unpaired) electrons. The number of hydrogen-bond acceptors (Lipinski definition) is 4. The highest BCUT2D eigenvalue weighted by Gasteiger charge is 2.14. The van der Waals surface area contributed by atoms with Gasteiger partial charge in [-0.2, -0.15) is 5.10 Å². The first-order chi connectivity index (χ1) is 11.9. The van der Waals surface area contributed by atoms with Crippen LogP contribution >= 0.6 is 15.9 Å². The number of halogens is 2. The SMILES string of the molecule is O=S(=O)(NCCc1nc(-c2ccc(F)cc2)n[nH]1)c1ccc(Br)cc1. The van der Waals surface area contributed by atoms with E-state index in [4.69, 9.17) is 0 Å². The van der Waals surface area contributed by atoms with E-state index in [1.54, 1.807) is 24.3 Å². The lowest BCUT2D eigenvalue weighted by Crippen LogP contribution is -2.26. The molecule has 0 atom stereocenters. The van der Waals surface area contributed by atoms with Crippen molar-refractivity contribution in [2.24, 2.45) is 0 Å². The Morgan fingerprint density at radius 2 is 1.76 bits per heavy atom. The molecule has 0 saturated carbocycles. The van der Waals surface area contributed by atoms with Gasteiger partial charge in [-0.15, -0.1) is 0 Å². The summed E-state index contributed by atoms with van der Waals surface area (Å²) in [5.74, 6) is 0.644. The van der Waals surface area contributed by atoms with Gasteiger partial charge in [0.1, 0.15) is 11.6 Å². The predicted molar refractivity (Wildman–Crippen MR) is 94.8 cm³/mol. The molecule has 25 heavy (non-hydrogen) atoms. The Morgan fingerprint density at radius 1 is 1.08 bits per heavy atom. The van der Waals surface area contributed by atoms with Crippen molar-refractivity contribution in [3.8, 4) is 11.4 Å². The van der Waals surface area contributed by atoms with Crippen molar-refractivity contribution in [3.63, 3.8) is 0 Å². The fraction of sp³-hybridized carbons (Fsp3) is 0.125. The molecule has 0 aliphatic heterocycles. The van der Waals surface area contributed by atoms with Crippen LogP contribution in [0.4, 0.5) is 4.39 Å². The molecule has 130 valence electrons. The average Bonchev–Trinajstić information content (AvgIpc) is 3.04. The fourth-order valence-electron chi connectivity index (χ4n) is 2.14. The average molecular weight is 425 g/mol. The molecule has 2 aromatic carbocycles. The van der Waals surface area contributed by atoms with Crippen molar-refractivity contribution in [1.29, 1.82) is 0 Å². The van der Waals surface area contributed by atoms with E-state index in [9.17, 15) is 12.8 Å². The monoisotopic (exact) mass is 424 g/mol. The van der Waals surface area contributed by atoms with Crippen molar-refractivity contribution in [1.82, 2.24) is 19.9 Å². The summed E-state index contributed by atoms with van der Waals surface area (Å²) in [7, 11) is -3.57. The minimum Gasteiger partial charge on any atom is -0.263 e. The number of nitrogens with zero attached hydrogens (tertiary/aromatic N) is 2. The number of aromatic amines is 1. The van der Waals surface area contributed by atoms with E-state index >= 15 is 0 Å². The molecule has 0 fully saturated rings. The summed E-state index contributed by atoms with van der Waals surface area (Å²) in [5.41, 5.74) is 0.680. The highest BCUT2D eigenvalue weighted by atomic mass is 79.9. The molecule has 0 bridgehead atoms. The number of nitrogens with one attached hydrogen (secondary N) is 2. The van der Waals surface area contributed by atoms with Crippen molar-refractivity contribution in [2.75, 3.05) is 6.54 Å². The van der Waals surface area contributed by atoms with Gasteiger partial charge < -0.3 is 0 Å². The molecule has 9 heteroatoms.